The molecule has 9 nitrogen and oxygen atoms in total. The zero-order valence-corrected chi connectivity index (χ0v) is 21.3. The predicted molar refractivity (Wildman–Crippen MR) is 133 cm³/mol. The third kappa shape index (κ3) is 7.18. The van der Waals surface area contributed by atoms with Gasteiger partial charge in [0.25, 0.3) is 5.91 Å². The number of carbonyl (C=O) groups excluding carboxylic acids is 2. The van der Waals surface area contributed by atoms with Crippen molar-refractivity contribution in [3.05, 3.63) is 53.9 Å². The van der Waals surface area contributed by atoms with Crippen LogP contribution in [0.5, 0.6) is 11.5 Å². The smallest absolute Gasteiger partial charge is 0.331 e. The standard InChI is InChI=1S/C27H36N2O7/c1-5-9-17(2)35-25-18(3)36-27(32)21(16-34-15-20(25)14-19-10-7-6-8-11-19)29-26(31)23-24(30)22(33-4)12-13-28-23/h6-8,10-13,17-18,20-21,25,30H,5,9,14-16H2,1-4H3,(H,29,31). The van der Waals surface area contributed by atoms with E-state index in [1.54, 1.807) is 6.92 Å². The van der Waals surface area contributed by atoms with Crippen LogP contribution in [0.3, 0.4) is 0 Å². The Morgan fingerprint density at radius 2 is 2.00 bits per heavy atom. The number of aromatic hydroxyl groups is 1. The SMILES string of the molecule is CCCC(C)OC1C(Cc2ccccc2)COCC(NC(=O)c2nccc(OC)c2O)C(=O)OC1C. The maximum absolute atomic E-state index is 13.0. The van der Waals surface area contributed by atoms with Gasteiger partial charge in [0.05, 0.1) is 32.5 Å². The minimum Gasteiger partial charge on any atom is -0.503 e. The normalized spacial score (nSPS) is 23.5. The number of rotatable bonds is 9. The number of hydrogen-bond donors (Lipinski definition) is 2. The van der Waals surface area contributed by atoms with E-state index in [9.17, 15) is 14.7 Å². The fraction of sp³-hybridized carbons (Fsp3) is 0.519. The van der Waals surface area contributed by atoms with Gasteiger partial charge in [-0.3, -0.25) is 4.79 Å². The molecule has 5 unspecified atom stereocenters. The van der Waals surface area contributed by atoms with Crippen molar-refractivity contribution < 1.29 is 33.6 Å². The number of methoxy groups -OCH3 is 1. The Morgan fingerprint density at radius 1 is 1.25 bits per heavy atom. The summed E-state index contributed by atoms with van der Waals surface area (Å²) in [5.74, 6) is -1.77. The molecule has 9 heteroatoms. The number of ether oxygens (including phenoxy) is 4. The summed E-state index contributed by atoms with van der Waals surface area (Å²) in [6, 6.07) is 10.4. The number of esters is 1. The molecular formula is C27H36N2O7. The Bertz CT molecular complexity index is 1000. The molecule has 1 saturated heterocycles. The first-order valence-corrected chi connectivity index (χ1v) is 12.3. The van der Waals surface area contributed by atoms with Crippen LogP contribution >= 0.6 is 0 Å². The molecule has 36 heavy (non-hydrogen) atoms. The number of pyridine rings is 1. The monoisotopic (exact) mass is 500 g/mol. The molecule has 3 rings (SSSR count). The lowest BCUT2D eigenvalue weighted by atomic mass is 9.91. The van der Waals surface area contributed by atoms with Gasteiger partial charge in [-0.05, 0) is 32.3 Å². The fourth-order valence-corrected chi connectivity index (χ4v) is 4.37. The van der Waals surface area contributed by atoms with Crippen LogP contribution in [0.4, 0.5) is 0 Å². The van der Waals surface area contributed by atoms with E-state index in [-0.39, 0.29) is 30.1 Å². The van der Waals surface area contributed by atoms with Gasteiger partial charge in [0.15, 0.2) is 23.2 Å². The molecule has 0 bridgehead atoms. The van der Waals surface area contributed by atoms with E-state index >= 15 is 0 Å². The largest absolute Gasteiger partial charge is 0.503 e. The quantitative estimate of drug-likeness (QED) is 0.504. The van der Waals surface area contributed by atoms with Gasteiger partial charge in [0.1, 0.15) is 6.10 Å². The van der Waals surface area contributed by atoms with Crippen molar-refractivity contribution in [2.24, 2.45) is 5.92 Å². The zero-order chi connectivity index (χ0) is 26.1. The van der Waals surface area contributed by atoms with Crippen molar-refractivity contribution in [2.75, 3.05) is 20.3 Å². The molecule has 1 aliphatic rings. The van der Waals surface area contributed by atoms with Crippen LogP contribution in [0, 0.1) is 5.92 Å². The summed E-state index contributed by atoms with van der Waals surface area (Å²) in [6.07, 6.45) is 2.89. The summed E-state index contributed by atoms with van der Waals surface area (Å²) in [4.78, 5) is 29.8. The third-order valence-electron chi connectivity index (χ3n) is 6.18. The first-order chi connectivity index (χ1) is 17.3. The van der Waals surface area contributed by atoms with Gasteiger partial charge in [-0.2, -0.15) is 0 Å². The first kappa shape index (κ1) is 27.4. The van der Waals surface area contributed by atoms with Crippen LogP contribution in [0.25, 0.3) is 0 Å². The third-order valence-corrected chi connectivity index (χ3v) is 6.18. The summed E-state index contributed by atoms with van der Waals surface area (Å²) in [5.41, 5.74) is 0.872. The highest BCUT2D eigenvalue weighted by Crippen LogP contribution is 2.28. The molecule has 5 atom stereocenters. The minimum atomic E-state index is -1.09. The zero-order valence-electron chi connectivity index (χ0n) is 21.3. The van der Waals surface area contributed by atoms with E-state index in [0.717, 1.165) is 18.4 Å². The van der Waals surface area contributed by atoms with E-state index < -0.39 is 35.9 Å². The molecule has 0 saturated carbocycles. The first-order valence-electron chi connectivity index (χ1n) is 12.3. The number of cyclic esters (lactones) is 1. The average molecular weight is 501 g/mol. The van der Waals surface area contributed by atoms with Crippen molar-refractivity contribution >= 4 is 11.9 Å². The lowest BCUT2D eigenvalue weighted by molar-refractivity contribution is -0.164. The Morgan fingerprint density at radius 3 is 2.69 bits per heavy atom. The highest BCUT2D eigenvalue weighted by atomic mass is 16.6. The number of nitrogens with zero attached hydrogens (tertiary/aromatic N) is 1. The number of benzene rings is 1. The molecule has 0 radical (unpaired) electrons. The lowest BCUT2D eigenvalue weighted by Crippen LogP contribution is -2.46. The molecule has 1 aromatic carbocycles. The summed E-state index contributed by atoms with van der Waals surface area (Å²) >= 11 is 0. The number of nitrogens with one attached hydrogen (secondary N) is 1. The molecule has 1 aliphatic heterocycles. The average Bonchev–Trinajstić information content (AvgIpc) is 2.90. The molecule has 1 amide bonds. The Kier molecular flexibility index (Phi) is 10.1. The van der Waals surface area contributed by atoms with E-state index in [0.29, 0.717) is 13.0 Å². The Hall–Kier alpha value is -3.17. The fourth-order valence-electron chi connectivity index (χ4n) is 4.37. The summed E-state index contributed by atoms with van der Waals surface area (Å²) in [7, 11) is 1.37. The molecule has 1 fully saturated rings. The van der Waals surface area contributed by atoms with Crippen molar-refractivity contribution in [1.29, 1.82) is 0 Å². The number of aromatic nitrogens is 1. The van der Waals surface area contributed by atoms with Gasteiger partial charge < -0.3 is 29.4 Å². The van der Waals surface area contributed by atoms with Crippen molar-refractivity contribution in [2.45, 2.75) is 64.4 Å². The second-order valence-electron chi connectivity index (χ2n) is 9.07. The molecule has 1 aromatic heterocycles. The maximum Gasteiger partial charge on any atom is 0.331 e. The second kappa shape index (κ2) is 13.2. The van der Waals surface area contributed by atoms with Crippen LogP contribution in [0.15, 0.2) is 42.6 Å². The van der Waals surface area contributed by atoms with Gasteiger partial charge in [-0.25, -0.2) is 9.78 Å². The van der Waals surface area contributed by atoms with E-state index in [1.165, 1.54) is 19.4 Å². The minimum absolute atomic E-state index is 0.0159. The molecular weight excluding hydrogens is 464 g/mol. The summed E-state index contributed by atoms with van der Waals surface area (Å²) in [5, 5.41) is 12.8. The highest BCUT2D eigenvalue weighted by molar-refractivity contribution is 5.98. The van der Waals surface area contributed by atoms with E-state index in [1.807, 2.05) is 37.3 Å². The van der Waals surface area contributed by atoms with Crippen LogP contribution < -0.4 is 10.1 Å². The van der Waals surface area contributed by atoms with Gasteiger partial charge in [0.2, 0.25) is 0 Å². The second-order valence-corrected chi connectivity index (χ2v) is 9.07. The Balaban J connectivity index is 1.79. The van der Waals surface area contributed by atoms with Gasteiger partial charge in [-0.1, -0.05) is 43.7 Å². The van der Waals surface area contributed by atoms with Crippen molar-refractivity contribution in [1.82, 2.24) is 10.3 Å². The molecule has 0 aliphatic carbocycles. The van der Waals surface area contributed by atoms with Crippen LogP contribution in [0.2, 0.25) is 0 Å². The van der Waals surface area contributed by atoms with Crippen LogP contribution in [0.1, 0.15) is 49.7 Å². The van der Waals surface area contributed by atoms with Gasteiger partial charge in [0, 0.05) is 18.2 Å². The summed E-state index contributed by atoms with van der Waals surface area (Å²) in [6.45, 7) is 6.14. The Labute approximate surface area is 212 Å². The molecule has 2 N–H and O–H groups in total. The highest BCUT2D eigenvalue weighted by Gasteiger charge is 2.36. The van der Waals surface area contributed by atoms with Gasteiger partial charge >= 0.3 is 5.97 Å². The van der Waals surface area contributed by atoms with Crippen molar-refractivity contribution in [3.63, 3.8) is 0 Å². The maximum atomic E-state index is 13.0. The molecule has 0 spiro atoms. The molecule has 2 heterocycles. The lowest BCUT2D eigenvalue weighted by Gasteiger charge is -2.33. The van der Waals surface area contributed by atoms with Crippen LogP contribution in [-0.2, 0) is 25.4 Å². The predicted octanol–water partition coefficient (Wildman–Crippen LogP) is 3.29. The number of hydrogen-bond acceptors (Lipinski definition) is 8. The number of carbonyl (C=O) groups is 2. The number of amides is 1. The van der Waals surface area contributed by atoms with Crippen molar-refractivity contribution in [3.8, 4) is 11.5 Å². The van der Waals surface area contributed by atoms with Crippen LogP contribution in [-0.4, -0.2) is 66.6 Å². The molecule has 2 aromatic rings. The summed E-state index contributed by atoms with van der Waals surface area (Å²) < 4.78 is 23.2. The van der Waals surface area contributed by atoms with Gasteiger partial charge in [-0.15, -0.1) is 0 Å². The van der Waals surface area contributed by atoms with E-state index in [4.69, 9.17) is 18.9 Å². The molecule has 196 valence electrons. The topological polar surface area (TPSA) is 116 Å². The van der Waals surface area contributed by atoms with E-state index in [2.05, 4.69) is 17.2 Å².